The standard InChI is InChI=1S/C20H23N3O3/c1-19(2,3)26-18(25)23-9-8-20(17(23)24)10-13-6-4-5-7-14(13)16-15(20)11-21-12-22-16/h4-7,12H,8-11H2,1-3H3,(H,21,22). The molecule has 3 aliphatic rings. The summed E-state index contributed by atoms with van der Waals surface area (Å²) in [7, 11) is 0. The van der Waals surface area contributed by atoms with Crippen LogP contribution in [0.3, 0.4) is 0 Å². The van der Waals surface area contributed by atoms with Gasteiger partial charge in [-0.05, 0) is 44.7 Å². The molecule has 0 radical (unpaired) electrons. The fraction of sp³-hybridized carbons (Fsp3) is 0.450. The summed E-state index contributed by atoms with van der Waals surface area (Å²) >= 11 is 0. The number of benzene rings is 1. The van der Waals surface area contributed by atoms with E-state index in [4.69, 9.17) is 4.74 Å². The molecule has 1 aliphatic carbocycles. The molecule has 4 rings (SSSR count). The molecular formula is C20H23N3O3. The summed E-state index contributed by atoms with van der Waals surface area (Å²) in [6.45, 7) is 6.26. The first kappa shape index (κ1) is 16.8. The Labute approximate surface area is 152 Å². The number of likely N-dealkylation sites (tertiary alicyclic amines) is 1. The second-order valence-corrected chi connectivity index (χ2v) is 8.07. The van der Waals surface area contributed by atoms with Crippen LogP contribution in [-0.4, -0.2) is 41.9 Å². The van der Waals surface area contributed by atoms with E-state index in [0.717, 1.165) is 22.4 Å². The molecule has 136 valence electrons. The first-order valence-electron chi connectivity index (χ1n) is 8.93. The lowest BCUT2D eigenvalue weighted by atomic mass is 9.67. The SMILES string of the molecule is CC(C)(C)OC(=O)N1CCC2(Cc3ccccc3C3=C2CN=CN3)C1=O. The van der Waals surface area contributed by atoms with Crippen LogP contribution >= 0.6 is 0 Å². The third kappa shape index (κ3) is 2.52. The Kier molecular flexibility index (Phi) is 3.68. The first-order chi connectivity index (χ1) is 12.3. The number of aliphatic imine (C=N–C) groups is 1. The van der Waals surface area contributed by atoms with Gasteiger partial charge in [-0.25, -0.2) is 9.69 Å². The van der Waals surface area contributed by atoms with Gasteiger partial charge < -0.3 is 10.1 Å². The van der Waals surface area contributed by atoms with Crippen molar-refractivity contribution >= 4 is 24.0 Å². The number of ether oxygens (including phenoxy) is 1. The summed E-state index contributed by atoms with van der Waals surface area (Å²) in [4.78, 5) is 31.5. The molecular weight excluding hydrogens is 330 g/mol. The first-order valence-corrected chi connectivity index (χ1v) is 8.93. The molecule has 1 unspecified atom stereocenters. The van der Waals surface area contributed by atoms with Crippen LogP contribution in [0.1, 0.15) is 38.3 Å². The van der Waals surface area contributed by atoms with Crippen LogP contribution in [-0.2, 0) is 16.0 Å². The van der Waals surface area contributed by atoms with Crippen LogP contribution in [0, 0.1) is 5.41 Å². The molecule has 1 spiro atoms. The number of hydrogen-bond donors (Lipinski definition) is 1. The average Bonchev–Trinajstić information content (AvgIpc) is 2.91. The molecule has 2 heterocycles. The van der Waals surface area contributed by atoms with Crippen molar-refractivity contribution in [3.8, 4) is 0 Å². The molecule has 2 aliphatic heterocycles. The minimum Gasteiger partial charge on any atom is -0.443 e. The van der Waals surface area contributed by atoms with Gasteiger partial charge in [0.2, 0.25) is 5.91 Å². The Bertz CT molecular complexity index is 850. The lowest BCUT2D eigenvalue weighted by Crippen LogP contribution is -2.45. The minimum absolute atomic E-state index is 0.173. The Morgan fingerprint density at radius 2 is 2.08 bits per heavy atom. The Morgan fingerprint density at radius 1 is 1.31 bits per heavy atom. The van der Waals surface area contributed by atoms with E-state index in [2.05, 4.69) is 22.4 Å². The maximum absolute atomic E-state index is 13.4. The van der Waals surface area contributed by atoms with Gasteiger partial charge in [0, 0.05) is 17.8 Å². The fourth-order valence-corrected chi connectivity index (χ4v) is 4.10. The van der Waals surface area contributed by atoms with Crippen molar-refractivity contribution < 1.29 is 14.3 Å². The molecule has 0 saturated carbocycles. The van der Waals surface area contributed by atoms with Gasteiger partial charge in [-0.2, -0.15) is 0 Å². The van der Waals surface area contributed by atoms with Crippen LogP contribution in [0.5, 0.6) is 0 Å². The number of carbonyl (C=O) groups excluding carboxylic acids is 2. The normalized spacial score (nSPS) is 24.4. The number of hydrogen-bond acceptors (Lipinski definition) is 5. The molecule has 26 heavy (non-hydrogen) atoms. The predicted octanol–water partition coefficient (Wildman–Crippen LogP) is 2.74. The molecule has 0 bridgehead atoms. The smallest absolute Gasteiger partial charge is 0.417 e. The summed E-state index contributed by atoms with van der Waals surface area (Å²) < 4.78 is 5.44. The van der Waals surface area contributed by atoms with Gasteiger partial charge >= 0.3 is 6.09 Å². The molecule has 2 amide bonds. The highest BCUT2D eigenvalue weighted by Gasteiger charge is 2.54. The van der Waals surface area contributed by atoms with E-state index < -0.39 is 17.1 Å². The van der Waals surface area contributed by atoms with Crippen LogP contribution in [0.25, 0.3) is 5.70 Å². The lowest BCUT2D eigenvalue weighted by molar-refractivity contribution is -0.133. The Balaban J connectivity index is 1.73. The maximum Gasteiger partial charge on any atom is 0.417 e. The zero-order chi connectivity index (χ0) is 18.5. The third-order valence-corrected chi connectivity index (χ3v) is 5.24. The zero-order valence-electron chi connectivity index (χ0n) is 15.3. The number of nitrogens with zero attached hydrogens (tertiary/aromatic N) is 2. The minimum atomic E-state index is -0.717. The van der Waals surface area contributed by atoms with Gasteiger partial charge in [-0.3, -0.25) is 9.79 Å². The van der Waals surface area contributed by atoms with Crippen molar-refractivity contribution in [1.82, 2.24) is 10.2 Å². The molecule has 6 heteroatoms. The summed E-state index contributed by atoms with van der Waals surface area (Å²) in [5.74, 6) is -0.173. The van der Waals surface area contributed by atoms with Gasteiger partial charge in [0.25, 0.3) is 0 Å². The van der Waals surface area contributed by atoms with E-state index in [-0.39, 0.29) is 5.91 Å². The van der Waals surface area contributed by atoms with Crippen molar-refractivity contribution in [2.45, 2.75) is 39.2 Å². The third-order valence-electron chi connectivity index (χ3n) is 5.24. The van der Waals surface area contributed by atoms with E-state index in [1.807, 2.05) is 12.1 Å². The van der Waals surface area contributed by atoms with Gasteiger partial charge in [0.15, 0.2) is 0 Å². The number of amides is 2. The summed E-state index contributed by atoms with van der Waals surface area (Å²) in [5.41, 5.74) is 2.82. The maximum atomic E-state index is 13.4. The Morgan fingerprint density at radius 3 is 2.85 bits per heavy atom. The van der Waals surface area contributed by atoms with Crippen molar-refractivity contribution in [1.29, 1.82) is 0 Å². The number of imide groups is 1. The number of nitrogens with one attached hydrogen (secondary N) is 1. The predicted molar refractivity (Wildman–Crippen MR) is 98.6 cm³/mol. The average molecular weight is 353 g/mol. The van der Waals surface area contributed by atoms with E-state index in [1.54, 1.807) is 27.1 Å². The molecule has 1 saturated heterocycles. The summed E-state index contributed by atoms with van der Waals surface area (Å²) in [6, 6.07) is 8.10. The highest BCUT2D eigenvalue weighted by Crippen LogP contribution is 2.49. The van der Waals surface area contributed by atoms with E-state index in [0.29, 0.717) is 25.9 Å². The van der Waals surface area contributed by atoms with Crippen LogP contribution in [0.4, 0.5) is 4.79 Å². The van der Waals surface area contributed by atoms with Gasteiger partial charge in [-0.1, -0.05) is 24.3 Å². The molecule has 1 aromatic carbocycles. The van der Waals surface area contributed by atoms with Crippen LogP contribution in [0.15, 0.2) is 34.8 Å². The van der Waals surface area contributed by atoms with Crippen molar-refractivity contribution in [3.63, 3.8) is 0 Å². The fourth-order valence-electron chi connectivity index (χ4n) is 4.10. The topological polar surface area (TPSA) is 71.0 Å². The number of rotatable bonds is 0. The quantitative estimate of drug-likeness (QED) is 0.778. The van der Waals surface area contributed by atoms with Crippen LogP contribution in [0.2, 0.25) is 0 Å². The number of carbonyl (C=O) groups is 2. The van der Waals surface area contributed by atoms with Crippen molar-refractivity contribution in [2.75, 3.05) is 13.1 Å². The molecule has 1 N–H and O–H groups in total. The second kappa shape index (κ2) is 5.69. The van der Waals surface area contributed by atoms with E-state index in [1.165, 1.54) is 4.90 Å². The molecule has 1 atom stereocenters. The number of fused-ring (bicyclic) bond motifs is 3. The second-order valence-electron chi connectivity index (χ2n) is 8.07. The monoisotopic (exact) mass is 353 g/mol. The highest BCUT2D eigenvalue weighted by atomic mass is 16.6. The lowest BCUT2D eigenvalue weighted by Gasteiger charge is -2.38. The highest BCUT2D eigenvalue weighted by molar-refractivity contribution is 6.02. The molecule has 0 aromatic heterocycles. The van der Waals surface area contributed by atoms with Gasteiger partial charge in [-0.15, -0.1) is 0 Å². The molecule has 1 fully saturated rings. The summed E-state index contributed by atoms with van der Waals surface area (Å²) in [5, 5.41) is 3.23. The van der Waals surface area contributed by atoms with Crippen LogP contribution < -0.4 is 5.32 Å². The van der Waals surface area contributed by atoms with Gasteiger partial charge in [0.1, 0.15) is 5.60 Å². The van der Waals surface area contributed by atoms with Crippen molar-refractivity contribution in [2.24, 2.45) is 10.4 Å². The van der Waals surface area contributed by atoms with Crippen molar-refractivity contribution in [3.05, 3.63) is 41.0 Å². The van der Waals surface area contributed by atoms with E-state index >= 15 is 0 Å². The zero-order valence-corrected chi connectivity index (χ0v) is 15.3. The summed E-state index contributed by atoms with van der Waals surface area (Å²) in [6.07, 6.45) is 2.31. The van der Waals surface area contributed by atoms with E-state index in [9.17, 15) is 9.59 Å². The van der Waals surface area contributed by atoms with Gasteiger partial charge in [0.05, 0.1) is 18.3 Å². The molecule has 6 nitrogen and oxygen atoms in total. The largest absolute Gasteiger partial charge is 0.443 e. The molecule has 1 aromatic rings. The Hall–Kier alpha value is -2.63.